The van der Waals surface area contributed by atoms with Gasteiger partial charge < -0.3 is 14.6 Å². The van der Waals surface area contributed by atoms with Crippen LogP contribution in [0.25, 0.3) is 21.3 Å². The SMILES string of the molecule is NS(=O)(=O)c1ccc2c(c1)OCCC([C@H](c1cc3cccc(-c4cc(C(O)(C(F)(F)F)C(F)(F)F)ccn4)c3s1)c1ccccc1Cl)O2. The number of thiophene rings is 1. The molecule has 2 atom stereocenters. The van der Waals surface area contributed by atoms with Gasteiger partial charge in [0.15, 0.2) is 11.5 Å². The maximum atomic E-state index is 13.7. The lowest BCUT2D eigenvalue weighted by molar-refractivity contribution is -0.376. The third-order valence-corrected chi connectivity index (χ3v) is 10.5. The first-order valence-electron chi connectivity index (χ1n) is 14.0. The van der Waals surface area contributed by atoms with Gasteiger partial charge in [0.25, 0.3) is 5.60 Å². The first kappa shape index (κ1) is 34.0. The van der Waals surface area contributed by atoms with Gasteiger partial charge in [-0.15, -0.1) is 11.3 Å². The summed E-state index contributed by atoms with van der Waals surface area (Å²) in [5, 5.41) is 16.3. The first-order valence-corrected chi connectivity index (χ1v) is 16.8. The molecule has 1 aliphatic heterocycles. The zero-order valence-corrected chi connectivity index (χ0v) is 26.6. The zero-order chi connectivity index (χ0) is 34.6. The van der Waals surface area contributed by atoms with Crippen molar-refractivity contribution in [2.45, 2.75) is 41.3 Å². The van der Waals surface area contributed by atoms with E-state index >= 15 is 0 Å². The van der Waals surface area contributed by atoms with Crippen LogP contribution in [0.15, 0.2) is 90.0 Å². The van der Waals surface area contributed by atoms with Crippen molar-refractivity contribution in [2.75, 3.05) is 6.61 Å². The Morgan fingerprint density at radius 2 is 1.67 bits per heavy atom. The molecule has 2 aromatic heterocycles. The van der Waals surface area contributed by atoms with Gasteiger partial charge in [-0.1, -0.05) is 48.0 Å². The average Bonchev–Trinajstić information content (AvgIpc) is 3.33. The quantitative estimate of drug-likeness (QED) is 0.172. The highest BCUT2D eigenvalue weighted by atomic mass is 35.5. The number of nitrogens with two attached hydrogens (primary N) is 1. The Morgan fingerprint density at radius 3 is 2.35 bits per heavy atom. The van der Waals surface area contributed by atoms with Crippen molar-refractivity contribution in [3.8, 4) is 22.8 Å². The molecule has 0 saturated carbocycles. The van der Waals surface area contributed by atoms with Gasteiger partial charge in [0.05, 0.1) is 23.1 Å². The Bertz CT molecular complexity index is 2110. The molecule has 3 aromatic carbocycles. The topological polar surface area (TPSA) is 112 Å². The lowest BCUT2D eigenvalue weighted by atomic mass is 9.89. The predicted molar refractivity (Wildman–Crippen MR) is 167 cm³/mol. The molecular weight excluding hydrogens is 706 g/mol. The maximum absolute atomic E-state index is 13.7. The summed E-state index contributed by atoms with van der Waals surface area (Å²) in [4.78, 5) is 4.59. The van der Waals surface area contributed by atoms with Crippen LogP contribution in [0.3, 0.4) is 0 Å². The largest absolute Gasteiger partial charge is 0.490 e. The lowest BCUT2D eigenvalue weighted by Crippen LogP contribution is -2.53. The number of rotatable bonds is 6. The fourth-order valence-electron chi connectivity index (χ4n) is 5.61. The minimum Gasteiger partial charge on any atom is -0.490 e. The molecule has 1 aliphatic rings. The Hall–Kier alpha value is -3.89. The molecular formula is C32H23ClF6N2O5S2. The van der Waals surface area contributed by atoms with Crippen LogP contribution in [0.5, 0.6) is 11.5 Å². The molecule has 7 nitrogen and oxygen atoms in total. The van der Waals surface area contributed by atoms with E-state index in [0.717, 1.165) is 6.20 Å². The van der Waals surface area contributed by atoms with E-state index in [9.17, 15) is 39.9 Å². The monoisotopic (exact) mass is 728 g/mol. The summed E-state index contributed by atoms with van der Waals surface area (Å²) in [7, 11) is -4.02. The second-order valence-electron chi connectivity index (χ2n) is 11.0. The summed E-state index contributed by atoms with van der Waals surface area (Å²) in [5.41, 5.74) is -5.85. The molecule has 0 saturated heterocycles. The number of ether oxygens (including phenoxy) is 2. The molecule has 16 heteroatoms. The standard InChI is InChI=1S/C32H23ClF6N2O5S2/c33-22-7-2-1-5-20(22)28(25-11-13-45-26-16-19(48(40,43)44)8-9-24(26)46-25)27-14-17-4-3-6-21(29(17)47-27)23-15-18(10-12-41-23)30(42,31(34,35)36)32(37,38)39/h1-10,12,14-16,25,28,42H,11,13H2,(H2,40,43,44)/t25?,28-/m1/s1. The van der Waals surface area contributed by atoms with Gasteiger partial charge >= 0.3 is 12.4 Å². The number of primary sulfonamides is 1. The highest BCUT2D eigenvalue weighted by molar-refractivity contribution is 7.89. The van der Waals surface area contributed by atoms with E-state index in [2.05, 4.69) is 4.98 Å². The fourth-order valence-corrected chi connectivity index (χ4v) is 7.75. The summed E-state index contributed by atoms with van der Waals surface area (Å²) in [6.07, 6.45) is -11.7. The molecule has 48 heavy (non-hydrogen) atoms. The molecule has 0 fully saturated rings. The van der Waals surface area contributed by atoms with E-state index in [0.29, 0.717) is 44.1 Å². The van der Waals surface area contributed by atoms with Crippen LogP contribution in [0.4, 0.5) is 26.3 Å². The van der Waals surface area contributed by atoms with Gasteiger partial charge in [0.1, 0.15) is 6.10 Å². The van der Waals surface area contributed by atoms with Crippen LogP contribution in [0.2, 0.25) is 5.02 Å². The van der Waals surface area contributed by atoms with Gasteiger partial charge in [-0.2, -0.15) is 26.3 Å². The smallest absolute Gasteiger partial charge is 0.430 e. The van der Waals surface area contributed by atoms with Crippen LogP contribution in [0.1, 0.15) is 28.3 Å². The normalized spacial score (nSPS) is 16.5. The zero-order valence-electron chi connectivity index (χ0n) is 24.2. The number of halogens is 7. The second kappa shape index (κ2) is 12.2. The van der Waals surface area contributed by atoms with E-state index in [1.165, 1.54) is 35.6 Å². The molecule has 6 rings (SSSR count). The van der Waals surface area contributed by atoms with Crippen LogP contribution < -0.4 is 14.6 Å². The van der Waals surface area contributed by atoms with E-state index in [-0.39, 0.29) is 34.3 Å². The van der Waals surface area contributed by atoms with Crippen molar-refractivity contribution < 1.29 is 49.3 Å². The molecule has 0 aliphatic carbocycles. The van der Waals surface area contributed by atoms with Crippen LogP contribution >= 0.6 is 22.9 Å². The number of aliphatic hydroxyl groups is 1. The summed E-state index contributed by atoms with van der Waals surface area (Å²) in [5.74, 6) is -0.132. The molecule has 1 unspecified atom stereocenters. The Labute approximate surface area is 278 Å². The highest BCUT2D eigenvalue weighted by Gasteiger charge is 2.71. The number of fused-ring (bicyclic) bond motifs is 2. The summed E-state index contributed by atoms with van der Waals surface area (Å²) in [6, 6.07) is 18.7. The molecule has 0 bridgehead atoms. The molecule has 0 radical (unpaired) electrons. The molecule has 0 spiro atoms. The van der Waals surface area contributed by atoms with E-state index < -0.39 is 45.6 Å². The minimum absolute atomic E-state index is 0.126. The van der Waals surface area contributed by atoms with E-state index in [1.807, 2.05) is 6.07 Å². The highest BCUT2D eigenvalue weighted by Crippen LogP contribution is 2.51. The van der Waals surface area contributed by atoms with Crippen molar-refractivity contribution in [1.29, 1.82) is 0 Å². The molecule has 3 heterocycles. The Kier molecular flexibility index (Phi) is 8.65. The lowest BCUT2D eigenvalue weighted by Gasteiger charge is -2.32. The van der Waals surface area contributed by atoms with E-state index in [1.54, 1.807) is 36.4 Å². The minimum atomic E-state index is -6.06. The molecule has 0 amide bonds. The number of hydrogen-bond acceptors (Lipinski definition) is 7. The van der Waals surface area contributed by atoms with Crippen molar-refractivity contribution in [3.63, 3.8) is 0 Å². The van der Waals surface area contributed by atoms with Crippen LogP contribution in [-0.4, -0.2) is 43.6 Å². The second-order valence-corrected chi connectivity index (χ2v) is 14.0. The van der Waals surface area contributed by atoms with Crippen LogP contribution in [-0.2, 0) is 15.6 Å². The summed E-state index contributed by atoms with van der Waals surface area (Å²) < 4.78 is 119. The third-order valence-electron chi connectivity index (χ3n) is 7.94. The number of benzene rings is 3. The van der Waals surface area contributed by atoms with Gasteiger partial charge in [-0.05, 0) is 47.3 Å². The Balaban J connectivity index is 1.47. The number of sulfonamides is 1. The summed E-state index contributed by atoms with van der Waals surface area (Å²) in [6.45, 7) is 0.126. The van der Waals surface area contributed by atoms with Gasteiger partial charge in [-0.3, -0.25) is 4.98 Å². The van der Waals surface area contributed by atoms with Crippen molar-refractivity contribution in [3.05, 3.63) is 106 Å². The number of pyridine rings is 1. The molecule has 252 valence electrons. The predicted octanol–water partition coefficient (Wildman–Crippen LogP) is 7.94. The maximum Gasteiger partial charge on any atom is 0.430 e. The number of aromatic nitrogens is 1. The Morgan fingerprint density at radius 1 is 0.938 bits per heavy atom. The molecule has 5 aromatic rings. The van der Waals surface area contributed by atoms with Crippen molar-refractivity contribution in [1.82, 2.24) is 4.98 Å². The summed E-state index contributed by atoms with van der Waals surface area (Å²) >= 11 is 7.90. The van der Waals surface area contributed by atoms with Crippen molar-refractivity contribution in [2.24, 2.45) is 5.14 Å². The van der Waals surface area contributed by atoms with Gasteiger partial charge in [0, 0.05) is 44.4 Å². The van der Waals surface area contributed by atoms with E-state index in [4.69, 9.17) is 26.2 Å². The van der Waals surface area contributed by atoms with Crippen molar-refractivity contribution >= 4 is 43.0 Å². The number of nitrogens with zero attached hydrogens (tertiary/aromatic N) is 1. The van der Waals surface area contributed by atoms with Gasteiger partial charge in [0.2, 0.25) is 10.0 Å². The molecule has 3 N–H and O–H groups in total. The van der Waals surface area contributed by atoms with Crippen LogP contribution in [0, 0.1) is 0 Å². The average molecular weight is 729 g/mol. The first-order chi connectivity index (χ1) is 22.5. The fraction of sp³-hybridized carbons (Fsp3) is 0.219. The number of hydrogen-bond donors (Lipinski definition) is 2. The van der Waals surface area contributed by atoms with Gasteiger partial charge in [-0.25, -0.2) is 13.6 Å². The third kappa shape index (κ3) is 6.09. The number of alkyl halides is 6.